The van der Waals surface area contributed by atoms with Gasteiger partial charge in [0.05, 0.1) is 0 Å². The molecule has 2 amide bonds. The summed E-state index contributed by atoms with van der Waals surface area (Å²) in [6.45, 7) is 3.32. The largest absolute Gasteiger partial charge is 0.480 e. The van der Waals surface area contributed by atoms with Gasteiger partial charge in [-0.1, -0.05) is 54.6 Å². The van der Waals surface area contributed by atoms with Crippen LogP contribution in [0.4, 0.5) is 4.79 Å². The Balaban J connectivity index is 1.65. The number of hydrogen-bond acceptors (Lipinski definition) is 5. The predicted molar refractivity (Wildman–Crippen MR) is 123 cm³/mol. The normalized spacial score (nSPS) is 13.8. The highest BCUT2D eigenvalue weighted by molar-refractivity contribution is 5.89. The van der Waals surface area contributed by atoms with E-state index in [0.717, 1.165) is 22.3 Å². The number of amides is 2. The van der Waals surface area contributed by atoms with Crippen molar-refractivity contribution in [3.63, 3.8) is 0 Å². The first-order valence-corrected chi connectivity index (χ1v) is 10.8. The number of aliphatic hydroxyl groups is 1. The first-order valence-electron chi connectivity index (χ1n) is 10.8. The standard InChI is InChI=1S/C25H28N2O6/c1-2-3-12-21(23(29)26-22(13-14-28)24(30)31)27-25(32)33-15-20-18-10-6-4-8-16(18)17-9-5-7-11-19(17)20/h2,4-11,20-22,28H,1,3,12-15H2,(H,26,29)(H,27,32)(H,30,31)/t21?,22-/m1/s1. The van der Waals surface area contributed by atoms with Gasteiger partial charge in [-0.05, 0) is 35.1 Å². The molecule has 0 bridgehead atoms. The second-order valence-electron chi connectivity index (χ2n) is 7.80. The average molecular weight is 453 g/mol. The zero-order valence-corrected chi connectivity index (χ0v) is 18.2. The van der Waals surface area contributed by atoms with E-state index in [1.54, 1.807) is 6.08 Å². The lowest BCUT2D eigenvalue weighted by Gasteiger charge is -2.21. The van der Waals surface area contributed by atoms with Crippen LogP contribution in [0.2, 0.25) is 0 Å². The summed E-state index contributed by atoms with van der Waals surface area (Å²) >= 11 is 0. The SMILES string of the molecule is C=CCCC(NC(=O)OCC1c2ccccc2-c2ccccc21)C(=O)N[C@H](CCO)C(=O)O. The van der Waals surface area contributed by atoms with Crippen molar-refractivity contribution in [2.24, 2.45) is 0 Å². The maximum atomic E-state index is 12.6. The van der Waals surface area contributed by atoms with Gasteiger partial charge in [0, 0.05) is 18.9 Å². The fourth-order valence-electron chi connectivity index (χ4n) is 3.99. The molecule has 0 heterocycles. The van der Waals surface area contributed by atoms with E-state index in [4.69, 9.17) is 9.84 Å². The van der Waals surface area contributed by atoms with Gasteiger partial charge in [-0.15, -0.1) is 6.58 Å². The minimum atomic E-state index is -1.26. The van der Waals surface area contributed by atoms with Crippen LogP contribution in [0.25, 0.3) is 11.1 Å². The van der Waals surface area contributed by atoms with Crippen LogP contribution in [-0.4, -0.2) is 53.5 Å². The Kier molecular flexibility index (Phi) is 8.21. The topological polar surface area (TPSA) is 125 Å². The molecular formula is C25H28N2O6. The van der Waals surface area contributed by atoms with Crippen LogP contribution in [0.1, 0.15) is 36.3 Å². The predicted octanol–water partition coefficient (Wildman–Crippen LogP) is 2.81. The molecule has 2 aromatic rings. The number of carbonyl (C=O) groups is 3. The number of aliphatic carboxylic acids is 1. The molecule has 0 fully saturated rings. The van der Waals surface area contributed by atoms with E-state index >= 15 is 0 Å². The third kappa shape index (κ3) is 5.78. The maximum Gasteiger partial charge on any atom is 0.407 e. The second-order valence-corrected chi connectivity index (χ2v) is 7.80. The minimum Gasteiger partial charge on any atom is -0.480 e. The number of fused-ring (bicyclic) bond motifs is 3. The molecule has 0 radical (unpaired) electrons. The number of benzene rings is 2. The molecule has 0 spiro atoms. The number of aliphatic hydroxyl groups excluding tert-OH is 1. The van der Waals surface area contributed by atoms with Crippen molar-refractivity contribution in [3.8, 4) is 11.1 Å². The molecule has 33 heavy (non-hydrogen) atoms. The number of alkyl carbamates (subject to hydrolysis) is 1. The molecule has 8 heteroatoms. The van der Waals surface area contributed by atoms with Gasteiger partial charge in [-0.25, -0.2) is 9.59 Å². The van der Waals surface area contributed by atoms with Crippen LogP contribution in [0.15, 0.2) is 61.2 Å². The fourth-order valence-corrected chi connectivity index (χ4v) is 3.99. The second kappa shape index (κ2) is 11.3. The van der Waals surface area contributed by atoms with E-state index in [0.29, 0.717) is 6.42 Å². The Bertz CT molecular complexity index is 976. The number of allylic oxidation sites excluding steroid dienone is 1. The van der Waals surface area contributed by atoms with Crippen molar-refractivity contribution in [3.05, 3.63) is 72.3 Å². The lowest BCUT2D eigenvalue weighted by Crippen LogP contribution is -2.52. The fraction of sp³-hybridized carbons (Fsp3) is 0.320. The third-order valence-electron chi connectivity index (χ3n) is 5.64. The van der Waals surface area contributed by atoms with Gasteiger partial charge in [0.2, 0.25) is 5.91 Å². The van der Waals surface area contributed by atoms with Gasteiger partial charge in [0.1, 0.15) is 18.7 Å². The highest BCUT2D eigenvalue weighted by atomic mass is 16.5. The smallest absolute Gasteiger partial charge is 0.407 e. The van der Waals surface area contributed by atoms with E-state index in [1.807, 2.05) is 48.5 Å². The summed E-state index contributed by atoms with van der Waals surface area (Å²) in [5.41, 5.74) is 4.35. The van der Waals surface area contributed by atoms with Crippen molar-refractivity contribution >= 4 is 18.0 Å². The number of ether oxygens (including phenoxy) is 1. The Hall–Kier alpha value is -3.65. The van der Waals surface area contributed by atoms with E-state index in [9.17, 15) is 19.5 Å². The van der Waals surface area contributed by atoms with E-state index in [-0.39, 0.29) is 25.4 Å². The molecule has 8 nitrogen and oxygen atoms in total. The van der Waals surface area contributed by atoms with Gasteiger partial charge < -0.3 is 25.6 Å². The summed E-state index contributed by atoms with van der Waals surface area (Å²) in [6.07, 6.45) is 1.35. The van der Waals surface area contributed by atoms with Gasteiger partial charge in [0.15, 0.2) is 0 Å². The first-order chi connectivity index (χ1) is 16.0. The van der Waals surface area contributed by atoms with Crippen molar-refractivity contribution in [1.29, 1.82) is 0 Å². The van der Waals surface area contributed by atoms with Gasteiger partial charge in [0.25, 0.3) is 0 Å². The Morgan fingerprint density at radius 2 is 1.58 bits per heavy atom. The molecule has 174 valence electrons. The summed E-state index contributed by atoms with van der Waals surface area (Å²) in [4.78, 5) is 36.4. The van der Waals surface area contributed by atoms with Crippen LogP contribution in [0, 0.1) is 0 Å². The van der Waals surface area contributed by atoms with Crippen LogP contribution < -0.4 is 10.6 Å². The van der Waals surface area contributed by atoms with Crippen molar-refractivity contribution in [2.75, 3.05) is 13.2 Å². The summed E-state index contributed by atoms with van der Waals surface area (Å²) in [5, 5.41) is 23.1. The number of nitrogens with one attached hydrogen (secondary N) is 2. The lowest BCUT2D eigenvalue weighted by atomic mass is 9.98. The van der Waals surface area contributed by atoms with Crippen LogP contribution in [0.5, 0.6) is 0 Å². The van der Waals surface area contributed by atoms with Gasteiger partial charge in [-0.3, -0.25) is 4.79 Å². The van der Waals surface area contributed by atoms with Crippen molar-refractivity contribution in [1.82, 2.24) is 10.6 Å². The Labute approximate surface area is 192 Å². The Morgan fingerprint density at radius 1 is 0.970 bits per heavy atom. The highest BCUT2D eigenvalue weighted by Gasteiger charge is 2.30. The van der Waals surface area contributed by atoms with Crippen LogP contribution in [0.3, 0.4) is 0 Å². The summed E-state index contributed by atoms with van der Waals surface area (Å²) < 4.78 is 5.49. The molecular weight excluding hydrogens is 424 g/mol. The number of rotatable bonds is 11. The van der Waals surface area contributed by atoms with E-state index in [2.05, 4.69) is 17.2 Å². The van der Waals surface area contributed by atoms with Gasteiger partial charge >= 0.3 is 12.1 Å². The zero-order chi connectivity index (χ0) is 23.8. The quantitative estimate of drug-likeness (QED) is 0.389. The van der Waals surface area contributed by atoms with Crippen molar-refractivity contribution < 1.29 is 29.3 Å². The molecule has 0 saturated heterocycles. The van der Waals surface area contributed by atoms with Crippen LogP contribution >= 0.6 is 0 Å². The molecule has 0 aromatic heterocycles. The lowest BCUT2D eigenvalue weighted by molar-refractivity contribution is -0.142. The molecule has 2 atom stereocenters. The third-order valence-corrected chi connectivity index (χ3v) is 5.64. The first kappa shape index (κ1) is 24.0. The molecule has 2 aromatic carbocycles. The monoisotopic (exact) mass is 452 g/mol. The van der Waals surface area contributed by atoms with Crippen LogP contribution in [-0.2, 0) is 14.3 Å². The van der Waals surface area contributed by atoms with Gasteiger partial charge in [-0.2, -0.15) is 0 Å². The zero-order valence-electron chi connectivity index (χ0n) is 18.2. The van der Waals surface area contributed by atoms with E-state index in [1.165, 1.54) is 0 Å². The molecule has 1 aliphatic carbocycles. The maximum absolute atomic E-state index is 12.6. The van der Waals surface area contributed by atoms with Crippen molar-refractivity contribution in [2.45, 2.75) is 37.3 Å². The molecule has 0 aliphatic heterocycles. The minimum absolute atomic E-state index is 0.0952. The van der Waals surface area contributed by atoms with E-state index < -0.39 is 36.7 Å². The number of hydrogen-bond donors (Lipinski definition) is 4. The highest BCUT2D eigenvalue weighted by Crippen LogP contribution is 2.44. The number of carbonyl (C=O) groups excluding carboxylic acids is 2. The number of carboxylic acids is 1. The summed E-state index contributed by atoms with van der Waals surface area (Å²) in [7, 11) is 0. The summed E-state index contributed by atoms with van der Waals surface area (Å²) in [6, 6.07) is 13.7. The molecule has 3 rings (SSSR count). The average Bonchev–Trinajstić information content (AvgIpc) is 3.13. The molecule has 4 N–H and O–H groups in total. The summed E-state index contributed by atoms with van der Waals surface area (Å²) in [5.74, 6) is -2.04. The number of carboxylic acid groups (broad SMARTS) is 1. The molecule has 1 aliphatic rings. The molecule has 1 unspecified atom stereocenters. The molecule has 0 saturated carbocycles. The Morgan fingerprint density at radius 3 is 2.12 bits per heavy atom.